The molecule has 4 rings (SSSR count). The molecule has 0 bridgehead atoms. The fourth-order valence-corrected chi connectivity index (χ4v) is 5.88. The van der Waals surface area contributed by atoms with E-state index >= 15 is 0 Å². The lowest BCUT2D eigenvalue weighted by Gasteiger charge is -2.45. The summed E-state index contributed by atoms with van der Waals surface area (Å²) in [7, 11) is -0.462. The Morgan fingerprint density at radius 1 is 1.12 bits per heavy atom. The van der Waals surface area contributed by atoms with Gasteiger partial charge in [0.25, 0.3) is 17.7 Å². The molecule has 1 aromatic carbocycles. The summed E-state index contributed by atoms with van der Waals surface area (Å²) in [6, 6.07) is 4.11. The summed E-state index contributed by atoms with van der Waals surface area (Å²) in [5, 5.41) is -0.913. The van der Waals surface area contributed by atoms with Crippen molar-refractivity contribution in [3.05, 3.63) is 35.4 Å². The van der Waals surface area contributed by atoms with Gasteiger partial charge < -0.3 is 9.64 Å². The van der Waals surface area contributed by atoms with Gasteiger partial charge in [-0.1, -0.05) is 12.1 Å². The molecule has 0 aromatic heterocycles. The predicted octanol–water partition coefficient (Wildman–Crippen LogP) is -0.0980. The third-order valence-corrected chi connectivity index (χ3v) is 7.44. The number of methoxy groups -OCH3 is 1. The van der Waals surface area contributed by atoms with Gasteiger partial charge in [0.2, 0.25) is 0 Å². The highest BCUT2D eigenvalue weighted by molar-refractivity contribution is 7.87. The lowest BCUT2D eigenvalue weighted by atomic mass is 9.95. The van der Waals surface area contributed by atoms with Crippen molar-refractivity contribution in [1.82, 2.24) is 9.80 Å². The Balaban J connectivity index is 1.73. The first-order chi connectivity index (χ1) is 12.2. The Labute approximate surface area is 151 Å². The van der Waals surface area contributed by atoms with Crippen LogP contribution in [-0.4, -0.2) is 67.0 Å². The molecule has 0 N–H and O–H groups in total. The zero-order valence-corrected chi connectivity index (χ0v) is 15.1. The van der Waals surface area contributed by atoms with E-state index < -0.39 is 56.7 Å². The van der Waals surface area contributed by atoms with Crippen LogP contribution in [0.2, 0.25) is 0 Å². The minimum atomic E-state index is -1.66. The van der Waals surface area contributed by atoms with Crippen molar-refractivity contribution in [2.45, 2.75) is 36.1 Å². The third kappa shape index (κ3) is 1.81. The van der Waals surface area contributed by atoms with Crippen LogP contribution in [0.4, 0.5) is 0 Å². The second-order valence-corrected chi connectivity index (χ2v) is 9.06. The highest BCUT2D eigenvalue weighted by Crippen LogP contribution is 2.46. The van der Waals surface area contributed by atoms with Crippen molar-refractivity contribution in [3.8, 4) is 0 Å². The van der Waals surface area contributed by atoms with Gasteiger partial charge in [0.05, 0.1) is 33.8 Å². The van der Waals surface area contributed by atoms with Crippen LogP contribution >= 0.6 is 0 Å². The molecular weight excluding hydrogens is 360 g/mol. The number of amides is 3. The molecule has 26 heavy (non-hydrogen) atoms. The van der Waals surface area contributed by atoms with Gasteiger partial charge in [-0.2, -0.15) is 0 Å². The first-order valence-corrected chi connectivity index (χ1v) is 9.22. The standard InChI is InChI=1S/C17H16N2O6S/c1-17(2)11(16(23)25-3)19-14(22)10(15(19)26(17)24)18-12(20)8-6-4-5-7-9(8)13(18)21/h4-7,10-11,15H,1-3H3/t10?,11-,15+,26?/m0/s1. The molecule has 9 heteroatoms. The average Bonchev–Trinajstić information content (AvgIpc) is 2.97. The summed E-state index contributed by atoms with van der Waals surface area (Å²) in [6.45, 7) is 3.21. The molecule has 0 radical (unpaired) electrons. The van der Waals surface area contributed by atoms with Gasteiger partial charge in [-0.05, 0) is 26.0 Å². The number of carbonyl (C=O) groups excluding carboxylic acids is 4. The van der Waals surface area contributed by atoms with Crippen LogP contribution in [0.1, 0.15) is 34.6 Å². The lowest BCUT2D eigenvalue weighted by molar-refractivity contribution is -0.164. The number of hydrogen-bond acceptors (Lipinski definition) is 6. The van der Waals surface area contributed by atoms with E-state index in [4.69, 9.17) is 4.74 Å². The molecule has 3 aliphatic heterocycles. The minimum Gasteiger partial charge on any atom is -0.467 e. The minimum absolute atomic E-state index is 0.219. The predicted molar refractivity (Wildman–Crippen MR) is 89.4 cm³/mol. The van der Waals surface area contributed by atoms with E-state index in [1.165, 1.54) is 24.1 Å². The Morgan fingerprint density at radius 3 is 2.15 bits per heavy atom. The number of esters is 1. The molecule has 3 aliphatic rings. The molecule has 0 spiro atoms. The Hall–Kier alpha value is -2.55. The number of ether oxygens (including phenoxy) is 1. The molecule has 2 fully saturated rings. The monoisotopic (exact) mass is 376 g/mol. The van der Waals surface area contributed by atoms with E-state index in [-0.39, 0.29) is 11.1 Å². The summed E-state index contributed by atoms with van der Waals surface area (Å²) in [4.78, 5) is 52.3. The summed E-state index contributed by atoms with van der Waals surface area (Å²) in [5.41, 5.74) is 0.438. The molecule has 136 valence electrons. The van der Waals surface area contributed by atoms with Crippen LogP contribution in [0, 0.1) is 0 Å². The first-order valence-electron chi connectivity index (χ1n) is 8.01. The number of hydrogen-bond donors (Lipinski definition) is 0. The number of carbonyl (C=O) groups is 4. The van der Waals surface area contributed by atoms with Crippen LogP contribution in [0.15, 0.2) is 24.3 Å². The molecule has 0 aliphatic carbocycles. The fourth-order valence-electron chi connectivity index (χ4n) is 3.93. The highest BCUT2D eigenvalue weighted by atomic mass is 32.2. The summed E-state index contributed by atoms with van der Waals surface area (Å²) >= 11 is 0. The number of imide groups is 1. The van der Waals surface area contributed by atoms with E-state index in [2.05, 4.69) is 0 Å². The maximum absolute atomic E-state index is 13.0. The van der Waals surface area contributed by atoms with Gasteiger partial charge in [0, 0.05) is 0 Å². The SMILES string of the molecule is COC(=O)[C@@H]1N2C(=O)C(N3C(=O)c4ccccc4C3=O)[C@H]2S(=O)C1(C)C. The second kappa shape index (κ2) is 5.23. The van der Waals surface area contributed by atoms with E-state index in [1.807, 2.05) is 0 Å². The Bertz CT molecular complexity index is 875. The molecule has 3 heterocycles. The van der Waals surface area contributed by atoms with Crippen molar-refractivity contribution < 1.29 is 28.1 Å². The van der Waals surface area contributed by atoms with E-state index in [0.29, 0.717) is 0 Å². The van der Waals surface area contributed by atoms with E-state index in [9.17, 15) is 23.4 Å². The molecule has 4 atom stereocenters. The third-order valence-electron chi connectivity index (χ3n) is 5.25. The van der Waals surface area contributed by atoms with Gasteiger partial charge in [0.1, 0.15) is 11.4 Å². The van der Waals surface area contributed by atoms with Gasteiger partial charge in [-0.15, -0.1) is 0 Å². The number of benzene rings is 1. The normalized spacial score (nSPS) is 31.6. The molecule has 2 saturated heterocycles. The summed E-state index contributed by atoms with van der Waals surface area (Å²) < 4.78 is 16.7. The van der Waals surface area contributed by atoms with Crippen LogP contribution in [0.25, 0.3) is 0 Å². The smallest absolute Gasteiger partial charge is 0.330 e. The number of rotatable bonds is 2. The van der Waals surface area contributed by atoms with Crippen molar-refractivity contribution in [3.63, 3.8) is 0 Å². The van der Waals surface area contributed by atoms with Crippen LogP contribution in [0.3, 0.4) is 0 Å². The molecular formula is C17H16N2O6S. The number of fused-ring (bicyclic) bond motifs is 2. The van der Waals surface area contributed by atoms with Crippen molar-refractivity contribution in [1.29, 1.82) is 0 Å². The largest absolute Gasteiger partial charge is 0.467 e. The van der Waals surface area contributed by atoms with Crippen molar-refractivity contribution in [2.24, 2.45) is 0 Å². The van der Waals surface area contributed by atoms with E-state index in [0.717, 1.165) is 4.90 Å². The fraction of sp³-hybridized carbons (Fsp3) is 0.412. The molecule has 2 unspecified atom stereocenters. The second-order valence-electron chi connectivity index (χ2n) is 6.93. The van der Waals surface area contributed by atoms with Gasteiger partial charge in [0.15, 0.2) is 6.04 Å². The lowest BCUT2D eigenvalue weighted by Crippen LogP contribution is -2.72. The molecule has 8 nitrogen and oxygen atoms in total. The number of nitrogens with zero attached hydrogens (tertiary/aromatic N) is 2. The maximum Gasteiger partial charge on any atom is 0.330 e. The van der Waals surface area contributed by atoms with Gasteiger partial charge in [-0.25, -0.2) is 4.79 Å². The van der Waals surface area contributed by atoms with E-state index in [1.54, 1.807) is 26.0 Å². The molecule has 3 amide bonds. The van der Waals surface area contributed by atoms with Gasteiger partial charge >= 0.3 is 5.97 Å². The summed E-state index contributed by atoms with van der Waals surface area (Å²) in [6.07, 6.45) is 0. The zero-order chi connectivity index (χ0) is 19.0. The Kier molecular flexibility index (Phi) is 3.40. The quantitative estimate of drug-likeness (QED) is 0.406. The maximum atomic E-state index is 13.0. The topological polar surface area (TPSA) is 101 Å². The van der Waals surface area contributed by atoms with Crippen LogP contribution in [-0.2, 0) is 25.1 Å². The highest BCUT2D eigenvalue weighted by Gasteiger charge is 2.71. The van der Waals surface area contributed by atoms with Crippen molar-refractivity contribution >= 4 is 34.5 Å². The molecule has 0 saturated carbocycles. The molecule has 1 aromatic rings. The summed E-state index contributed by atoms with van der Waals surface area (Å²) in [5.74, 6) is -2.40. The van der Waals surface area contributed by atoms with Crippen LogP contribution < -0.4 is 0 Å². The van der Waals surface area contributed by atoms with Gasteiger partial charge in [-0.3, -0.25) is 23.5 Å². The van der Waals surface area contributed by atoms with Crippen molar-refractivity contribution in [2.75, 3.05) is 7.11 Å². The first kappa shape index (κ1) is 16.9. The average molecular weight is 376 g/mol. The van der Waals surface area contributed by atoms with Crippen LogP contribution in [0.5, 0.6) is 0 Å². The number of β-lactam (4-membered cyclic amide) rings is 1. The zero-order valence-electron chi connectivity index (χ0n) is 14.3. The Morgan fingerprint density at radius 2 is 1.65 bits per heavy atom.